The number of thiophene rings is 1. The summed E-state index contributed by atoms with van der Waals surface area (Å²) in [5, 5.41) is 4.04. The van der Waals surface area contributed by atoms with Gasteiger partial charge in [-0.2, -0.15) is 11.3 Å². The zero-order valence-electron chi connectivity index (χ0n) is 13.8. The molecule has 4 heteroatoms. The third-order valence-electron chi connectivity index (χ3n) is 4.37. The first kappa shape index (κ1) is 16.7. The van der Waals surface area contributed by atoms with Gasteiger partial charge in [-0.3, -0.25) is 9.59 Å². The number of ether oxygens (including phenoxy) is 1. The summed E-state index contributed by atoms with van der Waals surface area (Å²) in [4.78, 5) is 25.1. The first-order valence-electron chi connectivity index (χ1n) is 8.10. The number of carbonyl (C=O) groups is 2. The molecule has 2 unspecified atom stereocenters. The smallest absolute Gasteiger partial charge is 0.317 e. The predicted octanol–water partition coefficient (Wildman–Crippen LogP) is 4.38. The van der Waals surface area contributed by atoms with E-state index in [1.165, 1.54) is 0 Å². The molecule has 3 nitrogen and oxygen atoms in total. The number of rotatable bonds is 4. The molecule has 1 heterocycles. The monoisotopic (exact) mass is 340 g/mol. The van der Waals surface area contributed by atoms with Crippen molar-refractivity contribution in [2.75, 3.05) is 6.61 Å². The fourth-order valence-electron chi connectivity index (χ4n) is 3.25. The molecular weight excluding hydrogens is 320 g/mol. The third kappa shape index (κ3) is 3.34. The molecule has 0 amide bonds. The normalized spacial score (nSPS) is 20.6. The maximum absolute atomic E-state index is 12.7. The van der Waals surface area contributed by atoms with E-state index < -0.39 is 11.9 Å². The molecule has 2 aromatic rings. The number of allylic oxidation sites excluding steroid dienone is 2. The Bertz CT molecular complexity index is 774. The number of hydrogen-bond acceptors (Lipinski definition) is 4. The van der Waals surface area contributed by atoms with E-state index in [1.807, 2.05) is 41.9 Å². The molecule has 0 aliphatic heterocycles. The van der Waals surface area contributed by atoms with E-state index >= 15 is 0 Å². The Morgan fingerprint density at radius 1 is 1.33 bits per heavy atom. The van der Waals surface area contributed by atoms with Crippen LogP contribution in [0.3, 0.4) is 0 Å². The summed E-state index contributed by atoms with van der Waals surface area (Å²) in [7, 11) is 0. The SMILES string of the molecule is CCOC(=O)C1C(=O)C=C(c2ccsc2)CC1c1cccc(C)c1. The highest BCUT2D eigenvalue weighted by Gasteiger charge is 2.39. The highest BCUT2D eigenvalue weighted by molar-refractivity contribution is 7.08. The lowest BCUT2D eigenvalue weighted by atomic mass is 9.73. The van der Waals surface area contributed by atoms with Crippen LogP contribution in [0.4, 0.5) is 0 Å². The zero-order chi connectivity index (χ0) is 17.1. The number of carbonyl (C=O) groups excluding carboxylic acids is 2. The van der Waals surface area contributed by atoms with Crippen molar-refractivity contribution in [1.82, 2.24) is 0 Å². The van der Waals surface area contributed by atoms with Gasteiger partial charge in [0, 0.05) is 5.92 Å². The van der Waals surface area contributed by atoms with Crippen molar-refractivity contribution in [3.63, 3.8) is 0 Å². The van der Waals surface area contributed by atoms with Crippen molar-refractivity contribution in [2.45, 2.75) is 26.2 Å². The average molecular weight is 340 g/mol. The molecular formula is C20H20O3S. The number of hydrogen-bond donors (Lipinski definition) is 0. The highest BCUT2D eigenvalue weighted by Crippen LogP contribution is 2.40. The van der Waals surface area contributed by atoms with Gasteiger partial charge in [0.25, 0.3) is 0 Å². The summed E-state index contributed by atoms with van der Waals surface area (Å²) >= 11 is 1.61. The van der Waals surface area contributed by atoms with Crippen molar-refractivity contribution in [2.24, 2.45) is 5.92 Å². The van der Waals surface area contributed by atoms with Crippen LogP contribution in [0.5, 0.6) is 0 Å². The summed E-state index contributed by atoms with van der Waals surface area (Å²) in [6.07, 6.45) is 2.28. The van der Waals surface area contributed by atoms with E-state index in [9.17, 15) is 9.59 Å². The van der Waals surface area contributed by atoms with Gasteiger partial charge in [-0.05, 0) is 59.9 Å². The number of aryl methyl sites for hydroxylation is 1. The molecule has 0 fully saturated rings. The molecule has 3 rings (SSSR count). The first-order chi connectivity index (χ1) is 11.6. The molecule has 0 radical (unpaired) electrons. The Morgan fingerprint density at radius 3 is 2.83 bits per heavy atom. The van der Waals surface area contributed by atoms with Crippen molar-refractivity contribution in [3.05, 3.63) is 63.9 Å². The van der Waals surface area contributed by atoms with Gasteiger partial charge in [-0.1, -0.05) is 29.8 Å². The molecule has 0 bridgehead atoms. The molecule has 0 spiro atoms. The lowest BCUT2D eigenvalue weighted by molar-refractivity contribution is -0.151. The minimum Gasteiger partial charge on any atom is -0.465 e. The number of benzene rings is 1. The quantitative estimate of drug-likeness (QED) is 0.613. The predicted molar refractivity (Wildman–Crippen MR) is 96.0 cm³/mol. The van der Waals surface area contributed by atoms with Crippen LogP contribution in [0, 0.1) is 12.8 Å². The summed E-state index contributed by atoms with van der Waals surface area (Å²) in [5.41, 5.74) is 4.19. The van der Waals surface area contributed by atoms with E-state index in [0.717, 1.165) is 22.3 Å². The molecule has 1 aliphatic carbocycles. The van der Waals surface area contributed by atoms with Crippen LogP contribution in [0.2, 0.25) is 0 Å². The first-order valence-corrected chi connectivity index (χ1v) is 9.04. The van der Waals surface area contributed by atoms with Crippen LogP contribution in [0.1, 0.15) is 36.0 Å². The van der Waals surface area contributed by atoms with Crippen LogP contribution in [-0.2, 0) is 14.3 Å². The Balaban J connectivity index is 2.02. The van der Waals surface area contributed by atoms with Gasteiger partial charge < -0.3 is 4.74 Å². The fourth-order valence-corrected chi connectivity index (χ4v) is 3.93. The topological polar surface area (TPSA) is 43.4 Å². The van der Waals surface area contributed by atoms with Crippen molar-refractivity contribution in [1.29, 1.82) is 0 Å². The maximum atomic E-state index is 12.7. The van der Waals surface area contributed by atoms with Crippen molar-refractivity contribution >= 4 is 28.7 Å². The molecule has 2 atom stereocenters. The second-order valence-corrected chi connectivity index (χ2v) is 6.82. The molecule has 124 valence electrons. The van der Waals surface area contributed by atoms with Crippen LogP contribution in [0.15, 0.2) is 47.2 Å². The van der Waals surface area contributed by atoms with Crippen LogP contribution < -0.4 is 0 Å². The Labute approximate surface area is 146 Å². The molecule has 0 saturated carbocycles. The Morgan fingerprint density at radius 2 is 2.17 bits per heavy atom. The standard InChI is InChI=1S/C20H20O3S/c1-3-23-20(22)19-17(14-6-4-5-13(2)9-14)10-16(11-18(19)21)15-7-8-24-12-15/h4-9,11-12,17,19H,3,10H2,1-2H3. The number of ketones is 1. The van der Waals surface area contributed by atoms with Crippen LogP contribution in [0.25, 0.3) is 5.57 Å². The maximum Gasteiger partial charge on any atom is 0.317 e. The zero-order valence-corrected chi connectivity index (χ0v) is 14.6. The molecule has 1 aromatic carbocycles. The van der Waals surface area contributed by atoms with Crippen LogP contribution >= 0.6 is 11.3 Å². The molecule has 24 heavy (non-hydrogen) atoms. The minimum absolute atomic E-state index is 0.160. The van der Waals surface area contributed by atoms with E-state index in [2.05, 4.69) is 6.07 Å². The molecule has 1 aliphatic rings. The van der Waals surface area contributed by atoms with Gasteiger partial charge in [-0.25, -0.2) is 0 Å². The van der Waals surface area contributed by atoms with Gasteiger partial charge in [0.05, 0.1) is 6.61 Å². The Kier molecular flexibility index (Phi) is 4.95. The summed E-state index contributed by atoms with van der Waals surface area (Å²) in [6.45, 7) is 4.06. The van der Waals surface area contributed by atoms with E-state index in [4.69, 9.17) is 4.74 Å². The lowest BCUT2D eigenvalue weighted by Gasteiger charge is -2.29. The lowest BCUT2D eigenvalue weighted by Crippen LogP contribution is -2.34. The van der Waals surface area contributed by atoms with Gasteiger partial charge in [0.15, 0.2) is 5.78 Å². The van der Waals surface area contributed by atoms with Crippen molar-refractivity contribution in [3.8, 4) is 0 Å². The third-order valence-corrected chi connectivity index (χ3v) is 5.05. The molecule has 1 aromatic heterocycles. The minimum atomic E-state index is -0.755. The van der Waals surface area contributed by atoms with E-state index in [0.29, 0.717) is 6.42 Å². The summed E-state index contributed by atoms with van der Waals surface area (Å²) in [5.74, 6) is -1.52. The summed E-state index contributed by atoms with van der Waals surface area (Å²) < 4.78 is 5.17. The second kappa shape index (κ2) is 7.14. The van der Waals surface area contributed by atoms with Crippen molar-refractivity contribution < 1.29 is 14.3 Å². The molecule has 0 saturated heterocycles. The van der Waals surface area contributed by atoms with Gasteiger partial charge in [0.1, 0.15) is 5.92 Å². The van der Waals surface area contributed by atoms with Crippen LogP contribution in [-0.4, -0.2) is 18.4 Å². The van der Waals surface area contributed by atoms with Gasteiger partial charge in [-0.15, -0.1) is 0 Å². The average Bonchev–Trinajstić information content (AvgIpc) is 3.08. The summed E-state index contributed by atoms with van der Waals surface area (Å²) in [6, 6.07) is 10.1. The second-order valence-electron chi connectivity index (χ2n) is 6.04. The Hall–Kier alpha value is -2.20. The van der Waals surface area contributed by atoms with Gasteiger partial charge >= 0.3 is 5.97 Å². The number of esters is 1. The highest BCUT2D eigenvalue weighted by atomic mass is 32.1. The van der Waals surface area contributed by atoms with E-state index in [-0.39, 0.29) is 18.3 Å². The largest absolute Gasteiger partial charge is 0.465 e. The van der Waals surface area contributed by atoms with Gasteiger partial charge in [0.2, 0.25) is 0 Å². The molecule has 0 N–H and O–H groups in total. The fraction of sp³-hybridized carbons (Fsp3) is 0.300. The van der Waals surface area contributed by atoms with E-state index in [1.54, 1.807) is 24.3 Å².